The lowest BCUT2D eigenvalue weighted by atomic mass is 10.2. The smallest absolute Gasteiger partial charge is 0.194 e. The van der Waals surface area contributed by atoms with Gasteiger partial charge in [0.15, 0.2) is 5.96 Å². The predicted molar refractivity (Wildman–Crippen MR) is 106 cm³/mol. The number of hydrogen-bond acceptors (Lipinski definition) is 4. The summed E-state index contributed by atoms with van der Waals surface area (Å²) >= 11 is 0. The molecule has 1 saturated heterocycles. The molecule has 0 saturated carbocycles. The van der Waals surface area contributed by atoms with E-state index in [-0.39, 0.29) is 0 Å². The van der Waals surface area contributed by atoms with Gasteiger partial charge in [-0.15, -0.1) is 0 Å². The molecular formula is C20H29N5O. The topological polar surface area (TPSA) is 56.9 Å². The third kappa shape index (κ3) is 5.00. The Morgan fingerprint density at radius 2 is 2.08 bits per heavy atom. The summed E-state index contributed by atoms with van der Waals surface area (Å²) in [5, 5.41) is 3.50. The lowest BCUT2D eigenvalue weighted by molar-refractivity contribution is 0.367. The van der Waals surface area contributed by atoms with Gasteiger partial charge < -0.3 is 19.5 Å². The van der Waals surface area contributed by atoms with Crippen LogP contribution in [0.3, 0.4) is 0 Å². The highest BCUT2D eigenvalue weighted by Crippen LogP contribution is 2.15. The van der Waals surface area contributed by atoms with Crippen molar-refractivity contribution in [2.45, 2.75) is 33.2 Å². The summed E-state index contributed by atoms with van der Waals surface area (Å²) in [5.74, 6) is 3.04. The van der Waals surface area contributed by atoms with Gasteiger partial charge in [0.1, 0.15) is 11.6 Å². The van der Waals surface area contributed by atoms with Gasteiger partial charge in [0.05, 0.1) is 6.26 Å². The van der Waals surface area contributed by atoms with Crippen LogP contribution in [0.1, 0.15) is 25.2 Å². The van der Waals surface area contributed by atoms with E-state index in [0.29, 0.717) is 6.04 Å². The van der Waals surface area contributed by atoms with Crippen molar-refractivity contribution >= 4 is 11.8 Å². The summed E-state index contributed by atoms with van der Waals surface area (Å²) in [7, 11) is 0. The molecule has 2 aromatic rings. The van der Waals surface area contributed by atoms with Gasteiger partial charge in [-0.3, -0.25) is 4.99 Å². The third-order valence-corrected chi connectivity index (χ3v) is 4.42. The highest BCUT2D eigenvalue weighted by Gasteiger charge is 2.21. The van der Waals surface area contributed by atoms with E-state index < -0.39 is 0 Å². The molecule has 0 atom stereocenters. The number of aliphatic imine (C=N–C) groups is 1. The second-order valence-corrected chi connectivity index (χ2v) is 7.00. The van der Waals surface area contributed by atoms with Crippen molar-refractivity contribution < 1.29 is 4.42 Å². The first-order chi connectivity index (χ1) is 12.6. The van der Waals surface area contributed by atoms with E-state index in [4.69, 9.17) is 9.41 Å². The Hall–Kier alpha value is -2.50. The fraction of sp³-hybridized carbons (Fsp3) is 0.500. The molecular weight excluding hydrogens is 326 g/mol. The van der Waals surface area contributed by atoms with Crippen molar-refractivity contribution in [2.24, 2.45) is 4.99 Å². The van der Waals surface area contributed by atoms with Crippen molar-refractivity contribution in [2.75, 3.05) is 37.6 Å². The fourth-order valence-electron chi connectivity index (χ4n) is 3.06. The Kier molecular flexibility index (Phi) is 6.15. The molecule has 1 aliphatic heterocycles. The number of aromatic nitrogens is 1. The van der Waals surface area contributed by atoms with Crippen LogP contribution < -0.4 is 10.2 Å². The highest BCUT2D eigenvalue weighted by atomic mass is 16.3. The number of piperazine rings is 1. The van der Waals surface area contributed by atoms with Crippen molar-refractivity contribution in [3.63, 3.8) is 0 Å². The van der Waals surface area contributed by atoms with Crippen molar-refractivity contribution in [1.29, 1.82) is 0 Å². The van der Waals surface area contributed by atoms with E-state index in [0.717, 1.165) is 56.7 Å². The third-order valence-electron chi connectivity index (χ3n) is 4.42. The molecule has 3 heterocycles. The summed E-state index contributed by atoms with van der Waals surface area (Å²) in [6, 6.07) is 8.47. The zero-order valence-electron chi connectivity index (χ0n) is 16.0. The minimum Gasteiger partial charge on any atom is -0.469 e. The van der Waals surface area contributed by atoms with Crippen LogP contribution in [0, 0.1) is 6.92 Å². The second kappa shape index (κ2) is 8.74. The maximum absolute atomic E-state index is 5.40. The molecule has 26 heavy (non-hydrogen) atoms. The maximum atomic E-state index is 5.40. The maximum Gasteiger partial charge on any atom is 0.194 e. The molecule has 0 radical (unpaired) electrons. The van der Waals surface area contributed by atoms with Crippen molar-refractivity contribution in [1.82, 2.24) is 15.2 Å². The van der Waals surface area contributed by atoms with Crippen LogP contribution in [0.25, 0.3) is 0 Å². The number of anilines is 1. The number of nitrogens with one attached hydrogen (secondary N) is 1. The molecule has 140 valence electrons. The number of guanidine groups is 1. The van der Waals surface area contributed by atoms with Gasteiger partial charge in [-0.05, 0) is 50.6 Å². The summed E-state index contributed by atoms with van der Waals surface area (Å²) in [6.45, 7) is 10.9. The molecule has 1 fully saturated rings. The summed E-state index contributed by atoms with van der Waals surface area (Å²) in [6.07, 6.45) is 4.42. The molecule has 2 aromatic heterocycles. The van der Waals surface area contributed by atoms with Crippen LogP contribution in [-0.4, -0.2) is 54.6 Å². The summed E-state index contributed by atoms with van der Waals surface area (Å²) < 4.78 is 5.40. The Morgan fingerprint density at radius 3 is 2.73 bits per heavy atom. The molecule has 1 aliphatic rings. The van der Waals surface area contributed by atoms with Gasteiger partial charge in [-0.25, -0.2) is 4.98 Å². The van der Waals surface area contributed by atoms with E-state index in [9.17, 15) is 0 Å². The minimum absolute atomic E-state index is 0.355. The molecule has 0 bridgehead atoms. The van der Waals surface area contributed by atoms with E-state index in [1.54, 1.807) is 6.26 Å². The Labute approximate surface area is 155 Å². The number of aryl methyl sites for hydroxylation is 1. The molecule has 0 aliphatic carbocycles. The average Bonchev–Trinajstić information content (AvgIpc) is 3.14. The molecule has 3 rings (SSSR count). The molecule has 0 spiro atoms. The molecule has 0 unspecified atom stereocenters. The first-order valence-electron chi connectivity index (χ1n) is 9.38. The van der Waals surface area contributed by atoms with Crippen molar-refractivity contribution in [3.8, 4) is 0 Å². The Morgan fingerprint density at radius 1 is 1.27 bits per heavy atom. The normalized spacial score (nSPS) is 15.6. The summed E-state index contributed by atoms with van der Waals surface area (Å²) in [4.78, 5) is 14.0. The first-order valence-corrected chi connectivity index (χ1v) is 9.38. The molecule has 1 N–H and O–H groups in total. The molecule has 0 amide bonds. The monoisotopic (exact) mass is 355 g/mol. The quantitative estimate of drug-likeness (QED) is 0.660. The van der Waals surface area contributed by atoms with Gasteiger partial charge in [-0.2, -0.15) is 0 Å². The second-order valence-electron chi connectivity index (χ2n) is 7.00. The van der Waals surface area contributed by atoms with Gasteiger partial charge in [0, 0.05) is 51.4 Å². The number of rotatable bonds is 5. The van der Waals surface area contributed by atoms with Crippen LogP contribution in [0.5, 0.6) is 0 Å². The number of hydrogen-bond donors (Lipinski definition) is 1. The van der Waals surface area contributed by atoms with Crippen molar-refractivity contribution in [3.05, 3.63) is 48.0 Å². The zero-order valence-corrected chi connectivity index (χ0v) is 16.0. The van der Waals surface area contributed by atoms with Crippen LogP contribution in [0.4, 0.5) is 5.82 Å². The number of furan rings is 1. The zero-order chi connectivity index (χ0) is 18.4. The first kappa shape index (κ1) is 18.3. The Bertz CT molecular complexity index is 703. The number of nitrogens with zero attached hydrogens (tertiary/aromatic N) is 4. The Balaban J connectivity index is 1.59. The number of pyridine rings is 1. The molecule has 6 heteroatoms. The highest BCUT2D eigenvalue weighted by molar-refractivity contribution is 5.80. The fourth-order valence-corrected chi connectivity index (χ4v) is 3.06. The standard InChI is InChI=1S/C20H29N5O/c1-16(2)23-20(22-9-7-18-5-4-14-26-18)25-12-10-24(11-13-25)19-15-17(3)6-8-21-19/h4-6,8,14-16H,7,9-13H2,1-3H3,(H,22,23). The minimum atomic E-state index is 0.355. The van der Waals surface area contributed by atoms with Gasteiger partial charge >= 0.3 is 0 Å². The van der Waals surface area contributed by atoms with Crippen LogP contribution >= 0.6 is 0 Å². The van der Waals surface area contributed by atoms with Crippen LogP contribution in [0.15, 0.2) is 46.1 Å². The van der Waals surface area contributed by atoms with E-state index in [1.165, 1.54) is 5.56 Å². The van der Waals surface area contributed by atoms with Gasteiger partial charge in [0.2, 0.25) is 0 Å². The lowest BCUT2D eigenvalue weighted by Gasteiger charge is -2.37. The van der Waals surface area contributed by atoms with Crippen LogP contribution in [-0.2, 0) is 6.42 Å². The largest absolute Gasteiger partial charge is 0.469 e. The molecule has 0 aromatic carbocycles. The SMILES string of the molecule is Cc1ccnc(N2CCN(C(=NCCc3ccco3)NC(C)C)CC2)c1. The summed E-state index contributed by atoms with van der Waals surface area (Å²) in [5.41, 5.74) is 1.25. The van der Waals surface area contributed by atoms with E-state index in [2.05, 4.69) is 46.9 Å². The van der Waals surface area contributed by atoms with Gasteiger partial charge in [0.25, 0.3) is 0 Å². The van der Waals surface area contributed by atoms with Gasteiger partial charge in [-0.1, -0.05) is 0 Å². The average molecular weight is 355 g/mol. The molecule has 6 nitrogen and oxygen atoms in total. The van der Waals surface area contributed by atoms with Crippen LogP contribution in [0.2, 0.25) is 0 Å². The van der Waals surface area contributed by atoms with E-state index >= 15 is 0 Å². The lowest BCUT2D eigenvalue weighted by Crippen LogP contribution is -2.54. The predicted octanol–water partition coefficient (Wildman–Crippen LogP) is 2.70. The van der Waals surface area contributed by atoms with E-state index in [1.807, 2.05) is 24.4 Å².